The average Bonchev–Trinajstić information content (AvgIpc) is 3.88. The number of para-hydroxylation sites is 4. The standard InChI is InChI=1S/C53H44N2O/c1-33-29-35-31-34(2)53(36(30-33)32-35)42-21-9-6-18-40(42)50-43(53)22-13-24-45(50)55(48-27-12-20-39-38-17-8-11-28-49(38)56-52(39)48)47-26-14-25-46-51(47)41-19-7-10-23-44(41)54(46)37-15-4-3-5-16-37/h3-28,33-36H,29-32H2,1-2H3. The monoisotopic (exact) mass is 724 g/mol. The van der Waals surface area contributed by atoms with Crippen LogP contribution in [0.25, 0.3) is 60.6 Å². The second-order valence-corrected chi connectivity index (χ2v) is 17.1. The van der Waals surface area contributed by atoms with E-state index in [1.54, 1.807) is 0 Å². The maximum Gasteiger partial charge on any atom is 0.159 e. The second-order valence-electron chi connectivity index (χ2n) is 17.1. The molecule has 2 aromatic heterocycles. The number of anilines is 3. The van der Waals surface area contributed by atoms with Crippen molar-refractivity contribution >= 4 is 60.8 Å². The summed E-state index contributed by atoms with van der Waals surface area (Å²) in [6, 6.07) is 58.4. The molecular weight excluding hydrogens is 681 g/mol. The Morgan fingerprint density at radius 2 is 1.23 bits per heavy atom. The van der Waals surface area contributed by atoms with Crippen molar-refractivity contribution in [2.45, 2.75) is 44.9 Å². The lowest BCUT2D eigenvalue weighted by atomic mass is 9.49. The second kappa shape index (κ2) is 12.0. The Balaban J connectivity index is 1.21. The summed E-state index contributed by atoms with van der Waals surface area (Å²) in [6.07, 6.45) is 5.28. The fourth-order valence-corrected chi connectivity index (χ4v) is 12.3. The highest BCUT2D eigenvalue weighted by Gasteiger charge is 2.57. The molecule has 272 valence electrons. The highest BCUT2D eigenvalue weighted by atomic mass is 16.3. The van der Waals surface area contributed by atoms with Crippen LogP contribution in [0.3, 0.4) is 0 Å². The molecule has 1 spiro atoms. The van der Waals surface area contributed by atoms with Crippen molar-refractivity contribution in [1.82, 2.24) is 4.57 Å². The van der Waals surface area contributed by atoms with E-state index in [-0.39, 0.29) is 5.41 Å². The predicted octanol–water partition coefficient (Wildman–Crippen LogP) is 14.5. The Kier molecular flexibility index (Phi) is 6.88. The van der Waals surface area contributed by atoms with Crippen molar-refractivity contribution < 1.29 is 4.42 Å². The van der Waals surface area contributed by atoms with Crippen molar-refractivity contribution in [3.05, 3.63) is 169 Å². The molecule has 3 aliphatic carbocycles. The summed E-state index contributed by atoms with van der Waals surface area (Å²) in [5.41, 5.74) is 14.6. The quantitative estimate of drug-likeness (QED) is 0.180. The van der Waals surface area contributed by atoms with E-state index in [1.165, 1.54) is 75.4 Å². The third-order valence-corrected chi connectivity index (χ3v) is 14.1. The lowest BCUT2D eigenvalue weighted by molar-refractivity contribution is 0.0426. The number of hydrogen-bond acceptors (Lipinski definition) is 2. The summed E-state index contributed by atoms with van der Waals surface area (Å²) in [5.74, 6) is 2.75. The molecule has 5 atom stereocenters. The van der Waals surface area contributed by atoms with E-state index < -0.39 is 0 Å². The first-order chi connectivity index (χ1) is 27.6. The number of benzene rings is 7. The first kappa shape index (κ1) is 32.2. The number of nitrogens with zero attached hydrogens (tertiary/aromatic N) is 2. The minimum Gasteiger partial charge on any atom is -0.454 e. The molecule has 3 nitrogen and oxygen atoms in total. The third kappa shape index (κ3) is 4.29. The molecule has 0 radical (unpaired) electrons. The number of hydrogen-bond donors (Lipinski definition) is 0. The van der Waals surface area contributed by atoms with Gasteiger partial charge in [-0.05, 0) is 115 Å². The number of aromatic nitrogens is 1. The summed E-state index contributed by atoms with van der Waals surface area (Å²) in [7, 11) is 0. The van der Waals surface area contributed by atoms with Gasteiger partial charge in [-0.25, -0.2) is 0 Å². The molecule has 3 aliphatic rings. The molecule has 2 bridgehead atoms. The van der Waals surface area contributed by atoms with Gasteiger partial charge in [-0.2, -0.15) is 0 Å². The van der Waals surface area contributed by atoms with Crippen LogP contribution < -0.4 is 4.90 Å². The number of fused-ring (bicyclic) bond motifs is 14. The summed E-state index contributed by atoms with van der Waals surface area (Å²) >= 11 is 0. The van der Waals surface area contributed by atoms with Crippen molar-refractivity contribution in [2.24, 2.45) is 23.7 Å². The van der Waals surface area contributed by atoms with Crippen LogP contribution in [0, 0.1) is 23.7 Å². The van der Waals surface area contributed by atoms with Gasteiger partial charge in [0, 0.05) is 38.2 Å². The molecule has 2 heterocycles. The molecule has 5 unspecified atom stereocenters. The minimum atomic E-state index is -0.0144. The zero-order valence-corrected chi connectivity index (χ0v) is 32.0. The summed E-state index contributed by atoms with van der Waals surface area (Å²) < 4.78 is 9.34. The highest BCUT2D eigenvalue weighted by Crippen LogP contribution is 2.66. The van der Waals surface area contributed by atoms with Gasteiger partial charge in [0.15, 0.2) is 5.58 Å². The van der Waals surface area contributed by atoms with Gasteiger partial charge in [0.05, 0.1) is 28.1 Å². The maximum atomic E-state index is 6.92. The first-order valence-corrected chi connectivity index (χ1v) is 20.6. The molecule has 2 saturated carbocycles. The lowest BCUT2D eigenvalue weighted by Crippen LogP contribution is -2.49. The van der Waals surface area contributed by atoms with E-state index in [0.29, 0.717) is 11.8 Å². The molecule has 12 rings (SSSR count). The Morgan fingerprint density at radius 1 is 0.554 bits per heavy atom. The van der Waals surface area contributed by atoms with Gasteiger partial charge in [-0.15, -0.1) is 0 Å². The molecule has 3 heteroatoms. The van der Waals surface area contributed by atoms with Crippen molar-refractivity contribution in [1.29, 1.82) is 0 Å². The van der Waals surface area contributed by atoms with Crippen molar-refractivity contribution in [3.63, 3.8) is 0 Å². The van der Waals surface area contributed by atoms with Crippen LogP contribution in [-0.4, -0.2) is 4.57 Å². The third-order valence-electron chi connectivity index (χ3n) is 14.1. The van der Waals surface area contributed by atoms with Gasteiger partial charge in [-0.1, -0.05) is 123 Å². The fraction of sp³-hybridized carbons (Fsp3) is 0.208. The SMILES string of the molecule is CC1CC2CC(C)C3(c4ccccc4-c4c(N(c5cccc6c5oc5ccccc56)c5cccc6c5c5ccccc5n6-c5ccccc5)cccc43)C(C1)C2. The van der Waals surface area contributed by atoms with Crippen LogP contribution in [-0.2, 0) is 5.41 Å². The maximum absolute atomic E-state index is 6.92. The van der Waals surface area contributed by atoms with Gasteiger partial charge >= 0.3 is 0 Å². The van der Waals surface area contributed by atoms with E-state index in [4.69, 9.17) is 4.42 Å². The Labute approximate surface area is 327 Å². The molecule has 56 heavy (non-hydrogen) atoms. The molecule has 9 aromatic rings. The topological polar surface area (TPSA) is 21.3 Å². The Morgan fingerprint density at radius 3 is 2.14 bits per heavy atom. The Hall–Kier alpha value is -6.06. The van der Waals surface area contributed by atoms with Crippen LogP contribution in [0.2, 0.25) is 0 Å². The Bertz CT molecular complexity index is 3000. The molecule has 7 aromatic carbocycles. The molecule has 0 aliphatic heterocycles. The van der Waals surface area contributed by atoms with E-state index in [9.17, 15) is 0 Å². The van der Waals surface area contributed by atoms with Crippen molar-refractivity contribution in [3.8, 4) is 16.8 Å². The molecule has 0 amide bonds. The largest absolute Gasteiger partial charge is 0.454 e. The minimum absolute atomic E-state index is 0.0144. The first-order valence-electron chi connectivity index (χ1n) is 20.6. The molecule has 2 fully saturated rings. The highest BCUT2D eigenvalue weighted by molar-refractivity contribution is 6.19. The van der Waals surface area contributed by atoms with Gasteiger partial charge in [-0.3, -0.25) is 0 Å². The van der Waals surface area contributed by atoms with E-state index >= 15 is 0 Å². The van der Waals surface area contributed by atoms with Gasteiger partial charge in [0.1, 0.15) is 5.58 Å². The zero-order chi connectivity index (χ0) is 37.1. The summed E-state index contributed by atoms with van der Waals surface area (Å²) in [6.45, 7) is 5.07. The van der Waals surface area contributed by atoms with E-state index in [2.05, 4.69) is 181 Å². The smallest absolute Gasteiger partial charge is 0.159 e. The van der Waals surface area contributed by atoms with Crippen LogP contribution in [0.1, 0.15) is 50.7 Å². The summed E-state index contributed by atoms with van der Waals surface area (Å²) in [5, 5.41) is 4.74. The van der Waals surface area contributed by atoms with Crippen molar-refractivity contribution in [2.75, 3.05) is 4.90 Å². The van der Waals surface area contributed by atoms with Crippen LogP contribution in [0.15, 0.2) is 162 Å². The average molecular weight is 725 g/mol. The van der Waals surface area contributed by atoms with Gasteiger partial charge in [0.25, 0.3) is 0 Å². The molecule has 0 saturated heterocycles. The van der Waals surface area contributed by atoms with E-state index in [1.807, 2.05) is 0 Å². The fourth-order valence-electron chi connectivity index (χ4n) is 12.3. The van der Waals surface area contributed by atoms with Gasteiger partial charge in [0.2, 0.25) is 0 Å². The summed E-state index contributed by atoms with van der Waals surface area (Å²) in [4.78, 5) is 2.56. The number of rotatable bonds is 4. The normalized spacial score (nSPS) is 22.6. The van der Waals surface area contributed by atoms with Gasteiger partial charge < -0.3 is 13.9 Å². The zero-order valence-electron chi connectivity index (χ0n) is 32.0. The van der Waals surface area contributed by atoms with Crippen LogP contribution >= 0.6 is 0 Å². The predicted molar refractivity (Wildman–Crippen MR) is 233 cm³/mol. The van der Waals surface area contributed by atoms with Crippen LogP contribution in [0.5, 0.6) is 0 Å². The number of furan rings is 1. The lowest BCUT2D eigenvalue weighted by Gasteiger charge is -2.54. The van der Waals surface area contributed by atoms with Crippen LogP contribution in [0.4, 0.5) is 17.1 Å². The molecular formula is C53H44N2O. The van der Waals surface area contributed by atoms with E-state index in [0.717, 1.165) is 50.8 Å². The molecule has 0 N–H and O–H groups in total.